The van der Waals surface area contributed by atoms with Gasteiger partial charge in [-0.25, -0.2) is 0 Å². The zero-order chi connectivity index (χ0) is 12.7. The fourth-order valence-electron chi connectivity index (χ4n) is 0.877. The van der Waals surface area contributed by atoms with Crippen molar-refractivity contribution in [3.63, 3.8) is 0 Å². The number of carbonyl (C=O) groups excluding carboxylic acids is 2. The highest BCUT2D eigenvalue weighted by atomic mass is 19.4. The lowest BCUT2D eigenvalue weighted by Crippen LogP contribution is -2.63. The zero-order valence-electron chi connectivity index (χ0n) is 8.27. The molecule has 0 aliphatic carbocycles. The van der Waals surface area contributed by atoms with E-state index >= 15 is 0 Å². The molecule has 4 nitrogen and oxygen atoms in total. The molecule has 0 saturated carbocycles. The fourth-order valence-corrected chi connectivity index (χ4v) is 0.877. The first-order valence-electron chi connectivity index (χ1n) is 3.88. The number of carboxylic acids is 2. The van der Waals surface area contributed by atoms with E-state index in [1.807, 2.05) is 0 Å². The Bertz CT molecular complexity index is 279. The average Bonchev–Trinajstić information content (AvgIpc) is 1.99. The zero-order valence-corrected chi connectivity index (χ0v) is 8.27. The maximum absolute atomic E-state index is 12.5. The second-order valence-corrected chi connectivity index (χ2v) is 3.82. The Morgan fingerprint density at radius 1 is 0.933 bits per heavy atom. The van der Waals surface area contributed by atoms with E-state index < -0.39 is 28.9 Å². The highest BCUT2D eigenvalue weighted by Gasteiger charge is 2.60. The highest BCUT2D eigenvalue weighted by molar-refractivity contribution is 5.96. The van der Waals surface area contributed by atoms with Crippen molar-refractivity contribution in [2.75, 3.05) is 0 Å². The second kappa shape index (κ2) is 3.39. The molecule has 0 saturated heterocycles. The molecule has 7 heteroatoms. The Kier molecular flexibility index (Phi) is 3.10. The molecule has 0 fully saturated rings. The summed E-state index contributed by atoms with van der Waals surface area (Å²) < 4.78 is 37.4. The Hall–Kier alpha value is -1.27. The number of hydrogen-bond acceptors (Lipinski definition) is 4. The SMILES string of the molecule is CC(C(=O)[O-])(C(=O)[O-])C(C)(C)C(F)(F)F. The number of aliphatic carboxylic acids is 2. The van der Waals surface area contributed by atoms with Crippen LogP contribution >= 0.6 is 0 Å². The minimum atomic E-state index is -5.00. The van der Waals surface area contributed by atoms with Crippen molar-refractivity contribution in [2.45, 2.75) is 26.9 Å². The van der Waals surface area contributed by atoms with E-state index in [1.165, 1.54) is 0 Å². The fraction of sp³-hybridized carbons (Fsp3) is 0.750. The van der Waals surface area contributed by atoms with Crippen LogP contribution in [-0.2, 0) is 9.59 Å². The minimum Gasteiger partial charge on any atom is -0.549 e. The molecule has 0 rings (SSSR count). The van der Waals surface area contributed by atoms with Gasteiger partial charge in [0.25, 0.3) is 0 Å². The first-order chi connectivity index (χ1) is 6.39. The first kappa shape index (κ1) is 13.7. The summed E-state index contributed by atoms with van der Waals surface area (Å²) in [7, 11) is 0. The van der Waals surface area contributed by atoms with Crippen molar-refractivity contribution in [1.29, 1.82) is 0 Å². The Morgan fingerprint density at radius 2 is 1.20 bits per heavy atom. The molecule has 15 heavy (non-hydrogen) atoms. The summed E-state index contributed by atoms with van der Waals surface area (Å²) in [6.07, 6.45) is -5.00. The van der Waals surface area contributed by atoms with Crippen LogP contribution in [0.15, 0.2) is 0 Å². The lowest BCUT2D eigenvalue weighted by atomic mass is 9.66. The van der Waals surface area contributed by atoms with Crippen molar-refractivity contribution in [3.05, 3.63) is 0 Å². The van der Waals surface area contributed by atoms with Gasteiger partial charge in [-0.05, 0) is 20.8 Å². The van der Waals surface area contributed by atoms with Crippen LogP contribution in [0.1, 0.15) is 20.8 Å². The van der Waals surface area contributed by atoms with Gasteiger partial charge >= 0.3 is 6.18 Å². The third-order valence-electron chi connectivity index (χ3n) is 2.78. The topological polar surface area (TPSA) is 80.3 Å². The summed E-state index contributed by atoms with van der Waals surface area (Å²) in [6, 6.07) is 0. The maximum atomic E-state index is 12.5. The molecule has 0 aromatic heterocycles. The molecule has 0 bridgehead atoms. The van der Waals surface area contributed by atoms with Gasteiger partial charge in [-0.2, -0.15) is 13.2 Å². The van der Waals surface area contributed by atoms with Gasteiger partial charge in [0.05, 0.1) is 22.8 Å². The van der Waals surface area contributed by atoms with Gasteiger partial charge in [-0.3, -0.25) is 0 Å². The summed E-state index contributed by atoms with van der Waals surface area (Å²) >= 11 is 0. The Morgan fingerprint density at radius 3 is 1.27 bits per heavy atom. The van der Waals surface area contributed by atoms with Crippen LogP contribution in [0.2, 0.25) is 0 Å². The van der Waals surface area contributed by atoms with E-state index in [-0.39, 0.29) is 0 Å². The molecular formula is C8H9F3O4-2. The highest BCUT2D eigenvalue weighted by Crippen LogP contribution is 2.50. The van der Waals surface area contributed by atoms with Crippen LogP contribution in [0.5, 0.6) is 0 Å². The van der Waals surface area contributed by atoms with Crippen molar-refractivity contribution < 1.29 is 33.0 Å². The molecule has 0 unspecified atom stereocenters. The largest absolute Gasteiger partial charge is 0.549 e. The molecule has 0 N–H and O–H groups in total. The summed E-state index contributed by atoms with van der Waals surface area (Å²) in [6.45, 7) is 1.36. The standard InChI is InChI=1S/C8H11F3O4/c1-6(2,8(9,10)11)7(3,4(12)13)5(14)15/h1-3H3,(H,12,13)(H,14,15)/p-2. The molecule has 0 heterocycles. The quantitative estimate of drug-likeness (QED) is 0.583. The third kappa shape index (κ3) is 1.78. The van der Waals surface area contributed by atoms with Gasteiger partial charge in [0, 0.05) is 0 Å². The molecule has 0 aliphatic rings. The van der Waals surface area contributed by atoms with E-state index in [2.05, 4.69) is 0 Å². The van der Waals surface area contributed by atoms with Gasteiger partial charge in [0.1, 0.15) is 0 Å². The molecule has 0 radical (unpaired) electrons. The lowest BCUT2D eigenvalue weighted by Gasteiger charge is -2.46. The Labute approximate surface area is 83.7 Å². The van der Waals surface area contributed by atoms with Crippen molar-refractivity contribution in [1.82, 2.24) is 0 Å². The normalized spacial score (nSPS) is 13.7. The van der Waals surface area contributed by atoms with Gasteiger partial charge in [-0.1, -0.05) is 0 Å². The number of alkyl halides is 3. The number of hydrogen-bond donors (Lipinski definition) is 0. The number of carboxylic acid groups (broad SMARTS) is 2. The molecule has 0 amide bonds. The minimum absolute atomic E-state index is 0.422. The van der Waals surface area contributed by atoms with Crippen LogP contribution in [0, 0.1) is 10.8 Å². The van der Waals surface area contributed by atoms with Gasteiger partial charge in [0.15, 0.2) is 0 Å². The first-order valence-corrected chi connectivity index (χ1v) is 3.88. The van der Waals surface area contributed by atoms with Crippen molar-refractivity contribution >= 4 is 11.9 Å². The van der Waals surface area contributed by atoms with Crippen LogP contribution in [0.3, 0.4) is 0 Å². The maximum Gasteiger partial charge on any atom is 0.395 e. The van der Waals surface area contributed by atoms with E-state index in [1.54, 1.807) is 0 Å². The van der Waals surface area contributed by atoms with Crippen LogP contribution in [-0.4, -0.2) is 18.1 Å². The summed E-state index contributed by atoms with van der Waals surface area (Å²) in [5, 5.41) is 21.0. The van der Waals surface area contributed by atoms with E-state index in [0.29, 0.717) is 20.8 Å². The average molecular weight is 226 g/mol. The summed E-state index contributed by atoms with van der Waals surface area (Å²) in [4.78, 5) is 21.0. The predicted octanol–water partition coefficient (Wildman–Crippen LogP) is -0.919. The second-order valence-electron chi connectivity index (χ2n) is 3.82. The van der Waals surface area contributed by atoms with Crippen molar-refractivity contribution in [2.24, 2.45) is 10.8 Å². The monoisotopic (exact) mass is 226 g/mol. The van der Waals surface area contributed by atoms with Crippen molar-refractivity contribution in [3.8, 4) is 0 Å². The molecule has 0 spiro atoms. The lowest BCUT2D eigenvalue weighted by molar-refractivity contribution is -0.363. The van der Waals surface area contributed by atoms with Gasteiger partial charge in [0.2, 0.25) is 0 Å². The van der Waals surface area contributed by atoms with Crippen LogP contribution in [0.4, 0.5) is 13.2 Å². The number of halogens is 3. The van der Waals surface area contributed by atoms with E-state index in [4.69, 9.17) is 0 Å². The van der Waals surface area contributed by atoms with E-state index in [9.17, 15) is 33.0 Å². The molecule has 0 aromatic rings. The molecular weight excluding hydrogens is 217 g/mol. The molecule has 0 aromatic carbocycles. The third-order valence-corrected chi connectivity index (χ3v) is 2.78. The molecule has 0 atom stereocenters. The molecule has 88 valence electrons. The predicted molar refractivity (Wildman–Crippen MR) is 38.0 cm³/mol. The molecule has 0 aliphatic heterocycles. The Balaban J connectivity index is 5.68. The summed E-state index contributed by atoms with van der Waals surface area (Å²) in [5.74, 6) is -4.66. The smallest absolute Gasteiger partial charge is 0.395 e. The van der Waals surface area contributed by atoms with Crippen LogP contribution in [0.25, 0.3) is 0 Å². The number of carbonyl (C=O) groups is 2. The summed E-state index contributed by atoms with van der Waals surface area (Å²) in [5.41, 5.74) is -6.12. The number of rotatable bonds is 3. The van der Waals surface area contributed by atoms with E-state index in [0.717, 1.165) is 0 Å². The van der Waals surface area contributed by atoms with Gasteiger partial charge in [-0.15, -0.1) is 0 Å². The van der Waals surface area contributed by atoms with Gasteiger partial charge < -0.3 is 19.8 Å². The van der Waals surface area contributed by atoms with Crippen LogP contribution < -0.4 is 10.2 Å².